The molecular formula is C13H19BrN4O2. The van der Waals surface area contributed by atoms with Crippen LogP contribution in [0.4, 0.5) is 11.5 Å². The third-order valence-electron chi connectivity index (χ3n) is 2.88. The number of ether oxygens (including phenoxy) is 1. The number of hydrogen-bond donors (Lipinski definition) is 1. The predicted molar refractivity (Wildman–Crippen MR) is 82.2 cm³/mol. The molecule has 2 rings (SSSR count). The molecule has 20 heavy (non-hydrogen) atoms. The largest absolute Gasteiger partial charge is 0.378 e. The summed E-state index contributed by atoms with van der Waals surface area (Å²) < 4.78 is 6.20. The Hall–Kier alpha value is -1.18. The molecule has 6 nitrogen and oxygen atoms in total. The summed E-state index contributed by atoms with van der Waals surface area (Å²) in [6.07, 6.45) is 1.68. The fraction of sp³-hybridized carbons (Fsp3) is 0.538. The number of nitrogens with zero attached hydrogens (tertiary/aromatic N) is 3. The minimum Gasteiger partial charge on any atom is -0.378 e. The first-order chi connectivity index (χ1) is 9.56. The van der Waals surface area contributed by atoms with Gasteiger partial charge >= 0.3 is 0 Å². The zero-order valence-corrected chi connectivity index (χ0v) is 13.3. The van der Waals surface area contributed by atoms with Gasteiger partial charge in [0.05, 0.1) is 36.1 Å². The molecule has 1 amide bonds. The maximum absolute atomic E-state index is 11.7. The van der Waals surface area contributed by atoms with Crippen LogP contribution in [0.5, 0.6) is 0 Å². The van der Waals surface area contributed by atoms with Gasteiger partial charge in [0.1, 0.15) is 5.82 Å². The standard InChI is InChI=1S/C13H19BrN4O2/c1-17(2)9-12(19)16-10-7-11(14)13(15-8-10)18-3-5-20-6-4-18/h7-8H,3-6,9H2,1-2H3,(H,16,19). The number of aromatic nitrogens is 1. The van der Waals surface area contributed by atoms with Crippen LogP contribution in [-0.4, -0.2) is 62.7 Å². The number of amides is 1. The molecule has 0 spiro atoms. The lowest BCUT2D eigenvalue weighted by molar-refractivity contribution is -0.116. The van der Waals surface area contributed by atoms with Gasteiger partial charge in [-0.05, 0) is 36.1 Å². The highest BCUT2D eigenvalue weighted by Gasteiger charge is 2.16. The molecule has 110 valence electrons. The Morgan fingerprint density at radius 1 is 1.50 bits per heavy atom. The van der Waals surface area contributed by atoms with Crippen molar-refractivity contribution >= 4 is 33.3 Å². The van der Waals surface area contributed by atoms with E-state index in [1.54, 1.807) is 6.20 Å². The summed E-state index contributed by atoms with van der Waals surface area (Å²) in [6, 6.07) is 1.88. The predicted octanol–water partition coefficient (Wildman–Crippen LogP) is 1.18. The summed E-state index contributed by atoms with van der Waals surface area (Å²) in [5, 5.41) is 2.83. The Labute approximate surface area is 127 Å². The molecule has 0 atom stereocenters. The Kier molecular flexibility index (Phi) is 5.33. The number of likely N-dealkylation sites (N-methyl/N-ethyl adjacent to an activating group) is 1. The maximum Gasteiger partial charge on any atom is 0.238 e. The van der Waals surface area contributed by atoms with Gasteiger partial charge < -0.3 is 19.9 Å². The van der Waals surface area contributed by atoms with Crippen molar-refractivity contribution in [2.75, 3.05) is 57.2 Å². The van der Waals surface area contributed by atoms with E-state index in [9.17, 15) is 4.79 Å². The quantitative estimate of drug-likeness (QED) is 0.890. The average molecular weight is 343 g/mol. The Bertz CT molecular complexity index is 475. The van der Waals surface area contributed by atoms with Gasteiger partial charge in [0.25, 0.3) is 0 Å². The molecule has 1 saturated heterocycles. The van der Waals surface area contributed by atoms with Gasteiger partial charge in [0, 0.05) is 13.1 Å². The number of carbonyl (C=O) groups is 1. The lowest BCUT2D eigenvalue weighted by atomic mass is 10.3. The molecule has 1 fully saturated rings. The number of rotatable bonds is 4. The van der Waals surface area contributed by atoms with E-state index in [1.165, 1.54) is 0 Å². The van der Waals surface area contributed by atoms with Gasteiger partial charge in [-0.25, -0.2) is 4.98 Å². The Morgan fingerprint density at radius 3 is 2.80 bits per heavy atom. The molecule has 0 saturated carbocycles. The normalized spacial score (nSPS) is 15.5. The Morgan fingerprint density at radius 2 is 2.20 bits per heavy atom. The number of morpholine rings is 1. The van der Waals surface area contributed by atoms with Crippen molar-refractivity contribution in [3.8, 4) is 0 Å². The van der Waals surface area contributed by atoms with Crippen LogP contribution in [0.2, 0.25) is 0 Å². The third kappa shape index (κ3) is 4.16. The third-order valence-corrected chi connectivity index (χ3v) is 3.46. The van der Waals surface area contributed by atoms with Crippen molar-refractivity contribution in [3.05, 3.63) is 16.7 Å². The topological polar surface area (TPSA) is 57.7 Å². The van der Waals surface area contributed by atoms with Crippen molar-refractivity contribution in [1.29, 1.82) is 0 Å². The second-order valence-corrected chi connectivity index (χ2v) is 5.77. The van der Waals surface area contributed by atoms with Crippen LogP contribution in [0, 0.1) is 0 Å². The molecule has 1 aliphatic rings. The molecule has 0 radical (unpaired) electrons. The second-order valence-electron chi connectivity index (χ2n) is 4.91. The summed E-state index contributed by atoms with van der Waals surface area (Å²) in [7, 11) is 3.71. The zero-order chi connectivity index (χ0) is 14.5. The van der Waals surface area contributed by atoms with Crippen LogP contribution in [-0.2, 0) is 9.53 Å². The fourth-order valence-electron chi connectivity index (χ4n) is 1.99. The van der Waals surface area contributed by atoms with Gasteiger partial charge in [-0.15, -0.1) is 0 Å². The molecule has 7 heteroatoms. The van der Waals surface area contributed by atoms with E-state index in [-0.39, 0.29) is 5.91 Å². The molecule has 0 aromatic carbocycles. The van der Waals surface area contributed by atoms with Gasteiger partial charge in [0.2, 0.25) is 5.91 Å². The van der Waals surface area contributed by atoms with Crippen molar-refractivity contribution < 1.29 is 9.53 Å². The molecule has 2 heterocycles. The lowest BCUT2D eigenvalue weighted by Gasteiger charge is -2.28. The van der Waals surface area contributed by atoms with Crippen LogP contribution in [0.25, 0.3) is 0 Å². The number of pyridine rings is 1. The summed E-state index contributed by atoms with van der Waals surface area (Å²) >= 11 is 3.52. The second kappa shape index (κ2) is 7.01. The minimum atomic E-state index is -0.0529. The van der Waals surface area contributed by atoms with Crippen LogP contribution >= 0.6 is 15.9 Å². The van der Waals surface area contributed by atoms with E-state index in [4.69, 9.17) is 4.74 Å². The monoisotopic (exact) mass is 342 g/mol. The minimum absolute atomic E-state index is 0.0529. The van der Waals surface area contributed by atoms with Crippen LogP contribution in [0.15, 0.2) is 16.7 Å². The van der Waals surface area contributed by atoms with Crippen molar-refractivity contribution in [3.63, 3.8) is 0 Å². The van der Waals surface area contributed by atoms with Crippen LogP contribution in [0.3, 0.4) is 0 Å². The molecule has 1 N–H and O–H groups in total. The molecular weight excluding hydrogens is 324 g/mol. The smallest absolute Gasteiger partial charge is 0.238 e. The Balaban J connectivity index is 2.03. The van der Waals surface area contributed by atoms with E-state index in [2.05, 4.69) is 31.1 Å². The number of hydrogen-bond acceptors (Lipinski definition) is 5. The first-order valence-corrected chi connectivity index (χ1v) is 7.28. The van der Waals surface area contributed by atoms with Gasteiger partial charge in [-0.2, -0.15) is 0 Å². The first kappa shape index (κ1) is 15.2. The molecule has 0 bridgehead atoms. The van der Waals surface area contributed by atoms with E-state index in [1.807, 2.05) is 25.1 Å². The van der Waals surface area contributed by atoms with E-state index < -0.39 is 0 Å². The summed E-state index contributed by atoms with van der Waals surface area (Å²) in [5.41, 5.74) is 0.695. The number of nitrogens with one attached hydrogen (secondary N) is 1. The summed E-state index contributed by atoms with van der Waals surface area (Å²) in [6.45, 7) is 3.45. The highest BCUT2D eigenvalue weighted by atomic mass is 79.9. The highest BCUT2D eigenvalue weighted by Crippen LogP contribution is 2.27. The van der Waals surface area contributed by atoms with Crippen LogP contribution < -0.4 is 10.2 Å². The lowest BCUT2D eigenvalue weighted by Crippen LogP contribution is -2.37. The number of carbonyl (C=O) groups excluding carboxylic acids is 1. The van der Waals surface area contributed by atoms with Crippen LogP contribution in [0.1, 0.15) is 0 Å². The van der Waals surface area contributed by atoms with Crippen molar-refractivity contribution in [2.24, 2.45) is 0 Å². The van der Waals surface area contributed by atoms with E-state index >= 15 is 0 Å². The van der Waals surface area contributed by atoms with Gasteiger partial charge in [-0.1, -0.05) is 0 Å². The number of halogens is 1. The summed E-state index contributed by atoms with van der Waals surface area (Å²) in [5.74, 6) is 0.835. The molecule has 1 aromatic heterocycles. The highest BCUT2D eigenvalue weighted by molar-refractivity contribution is 9.10. The van der Waals surface area contributed by atoms with E-state index in [0.717, 1.165) is 36.6 Å². The molecule has 1 aromatic rings. The van der Waals surface area contributed by atoms with Gasteiger partial charge in [0.15, 0.2) is 0 Å². The molecule has 0 unspecified atom stereocenters. The molecule has 0 aliphatic carbocycles. The zero-order valence-electron chi connectivity index (χ0n) is 11.7. The fourth-order valence-corrected chi connectivity index (χ4v) is 2.59. The SMILES string of the molecule is CN(C)CC(=O)Nc1cnc(N2CCOCC2)c(Br)c1. The first-order valence-electron chi connectivity index (χ1n) is 6.49. The van der Waals surface area contributed by atoms with E-state index in [0.29, 0.717) is 12.2 Å². The average Bonchev–Trinajstić information content (AvgIpc) is 2.38. The van der Waals surface area contributed by atoms with Gasteiger partial charge in [-0.3, -0.25) is 4.79 Å². The van der Waals surface area contributed by atoms with Crippen molar-refractivity contribution in [1.82, 2.24) is 9.88 Å². The van der Waals surface area contributed by atoms with Crippen molar-refractivity contribution in [2.45, 2.75) is 0 Å². The maximum atomic E-state index is 11.7. The summed E-state index contributed by atoms with van der Waals surface area (Å²) in [4.78, 5) is 20.1. The molecule has 1 aliphatic heterocycles. The number of anilines is 2.